The number of ketones is 1. The van der Waals surface area contributed by atoms with Crippen molar-refractivity contribution < 1.29 is 4.79 Å². The summed E-state index contributed by atoms with van der Waals surface area (Å²) >= 11 is 5.87. The first kappa shape index (κ1) is 11.8. The van der Waals surface area contributed by atoms with Crippen LogP contribution < -0.4 is 0 Å². The van der Waals surface area contributed by atoms with E-state index < -0.39 is 0 Å². The second kappa shape index (κ2) is 5.60. The number of aromatic nitrogens is 1. The van der Waals surface area contributed by atoms with Crippen molar-refractivity contribution in [2.24, 2.45) is 0 Å². The number of carbonyl (C=O) groups excluding carboxylic acids is 1. The third-order valence-corrected chi connectivity index (χ3v) is 2.68. The Morgan fingerprint density at radius 1 is 1.06 bits per heavy atom. The minimum absolute atomic E-state index is 0.179. The lowest BCUT2D eigenvalue weighted by atomic mass is 10.0. The predicted molar refractivity (Wildman–Crippen MR) is 68.1 cm³/mol. The van der Waals surface area contributed by atoms with Gasteiger partial charge in [0.05, 0.1) is 0 Å². The van der Waals surface area contributed by atoms with E-state index >= 15 is 0 Å². The molecule has 1 aromatic carbocycles. The van der Waals surface area contributed by atoms with Crippen molar-refractivity contribution >= 4 is 17.4 Å². The minimum atomic E-state index is 0.179. The summed E-state index contributed by atoms with van der Waals surface area (Å²) in [7, 11) is 0. The van der Waals surface area contributed by atoms with Crippen molar-refractivity contribution in [1.82, 2.24) is 4.98 Å². The van der Waals surface area contributed by atoms with Crippen LogP contribution in [0, 0.1) is 0 Å². The molecule has 2 nitrogen and oxygen atoms in total. The van der Waals surface area contributed by atoms with Gasteiger partial charge in [0.15, 0.2) is 0 Å². The summed E-state index contributed by atoms with van der Waals surface area (Å²) in [5.74, 6) is 0.179. The van der Waals surface area contributed by atoms with Crippen molar-refractivity contribution in [3.63, 3.8) is 0 Å². The number of halogens is 1. The molecule has 1 heterocycles. The summed E-state index contributed by atoms with van der Waals surface area (Å²) in [6.45, 7) is 0. The van der Waals surface area contributed by atoms with E-state index in [0.717, 1.165) is 11.1 Å². The molecule has 0 bridgehead atoms. The van der Waals surface area contributed by atoms with Crippen LogP contribution in [-0.2, 0) is 17.6 Å². The lowest BCUT2D eigenvalue weighted by molar-refractivity contribution is -0.117. The Hall–Kier alpha value is -1.67. The van der Waals surface area contributed by atoms with Gasteiger partial charge in [-0.3, -0.25) is 9.78 Å². The van der Waals surface area contributed by atoms with Crippen molar-refractivity contribution in [2.45, 2.75) is 12.8 Å². The second-order valence-electron chi connectivity index (χ2n) is 3.88. The fraction of sp³-hybridized carbons (Fsp3) is 0.143. The van der Waals surface area contributed by atoms with Crippen molar-refractivity contribution in [3.05, 3.63) is 64.9 Å². The van der Waals surface area contributed by atoms with E-state index in [1.165, 1.54) is 0 Å². The first-order chi connectivity index (χ1) is 8.24. The van der Waals surface area contributed by atoms with Gasteiger partial charge in [-0.1, -0.05) is 23.7 Å². The highest BCUT2D eigenvalue weighted by Crippen LogP contribution is 2.12. The molecule has 3 heteroatoms. The number of carbonyl (C=O) groups is 1. The highest BCUT2D eigenvalue weighted by molar-refractivity contribution is 6.30. The summed E-state index contributed by atoms with van der Waals surface area (Å²) in [6, 6.07) is 11.1. The Morgan fingerprint density at radius 3 is 2.47 bits per heavy atom. The summed E-state index contributed by atoms with van der Waals surface area (Å²) in [4.78, 5) is 15.7. The molecule has 0 aliphatic rings. The molecule has 0 aliphatic heterocycles. The maximum atomic E-state index is 11.8. The molecule has 0 radical (unpaired) electrons. The molecule has 0 atom stereocenters. The van der Waals surface area contributed by atoms with Crippen LogP contribution in [0.2, 0.25) is 5.02 Å². The smallest absolute Gasteiger partial charge is 0.141 e. The fourth-order valence-electron chi connectivity index (χ4n) is 1.67. The molecule has 0 saturated carbocycles. The van der Waals surface area contributed by atoms with Gasteiger partial charge in [0.2, 0.25) is 0 Å². The monoisotopic (exact) mass is 245 g/mol. The average molecular weight is 246 g/mol. The number of rotatable bonds is 4. The lowest BCUT2D eigenvalue weighted by Gasteiger charge is -2.02. The maximum absolute atomic E-state index is 11.8. The first-order valence-electron chi connectivity index (χ1n) is 5.39. The van der Waals surface area contributed by atoms with Gasteiger partial charge in [-0.05, 0) is 35.4 Å². The van der Waals surface area contributed by atoms with E-state index in [0.29, 0.717) is 17.9 Å². The molecule has 1 aromatic heterocycles. The lowest BCUT2D eigenvalue weighted by Crippen LogP contribution is -2.06. The summed E-state index contributed by atoms with van der Waals surface area (Å²) in [6.07, 6.45) is 4.25. The topological polar surface area (TPSA) is 30.0 Å². The molecule has 0 amide bonds. The minimum Gasteiger partial charge on any atom is -0.299 e. The normalized spacial score (nSPS) is 10.2. The molecule has 0 saturated heterocycles. The van der Waals surface area contributed by atoms with Crippen LogP contribution in [0.3, 0.4) is 0 Å². The SMILES string of the molecule is O=C(Cc1ccncc1)Cc1cccc(Cl)c1. The van der Waals surface area contributed by atoms with Gasteiger partial charge in [-0.25, -0.2) is 0 Å². The van der Waals surface area contributed by atoms with Crippen LogP contribution in [0.1, 0.15) is 11.1 Å². The Bertz CT molecular complexity index is 511. The van der Waals surface area contributed by atoms with Crippen molar-refractivity contribution in [3.8, 4) is 0 Å². The van der Waals surface area contributed by atoms with Crippen LogP contribution in [0.15, 0.2) is 48.8 Å². The highest BCUT2D eigenvalue weighted by Gasteiger charge is 2.05. The highest BCUT2D eigenvalue weighted by atomic mass is 35.5. The molecule has 0 aliphatic carbocycles. The number of hydrogen-bond donors (Lipinski definition) is 0. The molecule has 0 N–H and O–H groups in total. The summed E-state index contributed by atoms with van der Waals surface area (Å²) in [5, 5.41) is 0.666. The van der Waals surface area contributed by atoms with Gasteiger partial charge in [-0.2, -0.15) is 0 Å². The number of nitrogens with zero attached hydrogens (tertiary/aromatic N) is 1. The third-order valence-electron chi connectivity index (χ3n) is 2.44. The number of benzene rings is 1. The van der Waals surface area contributed by atoms with Crippen LogP contribution in [0.4, 0.5) is 0 Å². The average Bonchev–Trinajstić information content (AvgIpc) is 2.30. The van der Waals surface area contributed by atoms with Gasteiger partial charge >= 0.3 is 0 Å². The molecule has 0 unspecified atom stereocenters. The van der Waals surface area contributed by atoms with Gasteiger partial charge < -0.3 is 0 Å². The molecule has 0 spiro atoms. The number of hydrogen-bond acceptors (Lipinski definition) is 2. The predicted octanol–water partition coefficient (Wildman–Crippen LogP) is 3.09. The molecule has 2 rings (SSSR count). The van der Waals surface area contributed by atoms with E-state index in [-0.39, 0.29) is 5.78 Å². The van der Waals surface area contributed by atoms with E-state index in [1.54, 1.807) is 18.5 Å². The molecule has 17 heavy (non-hydrogen) atoms. The van der Waals surface area contributed by atoms with E-state index in [4.69, 9.17) is 11.6 Å². The van der Waals surface area contributed by atoms with Crippen LogP contribution in [-0.4, -0.2) is 10.8 Å². The summed E-state index contributed by atoms with van der Waals surface area (Å²) in [5.41, 5.74) is 1.95. The maximum Gasteiger partial charge on any atom is 0.141 e. The molecular formula is C14H12ClNO. The zero-order chi connectivity index (χ0) is 12.1. The second-order valence-corrected chi connectivity index (χ2v) is 4.31. The largest absolute Gasteiger partial charge is 0.299 e. The Balaban J connectivity index is 1.98. The van der Waals surface area contributed by atoms with Crippen molar-refractivity contribution in [1.29, 1.82) is 0 Å². The van der Waals surface area contributed by atoms with Crippen LogP contribution in [0.5, 0.6) is 0 Å². The molecular weight excluding hydrogens is 234 g/mol. The molecule has 0 fully saturated rings. The first-order valence-corrected chi connectivity index (χ1v) is 5.77. The van der Waals surface area contributed by atoms with Gasteiger partial charge in [-0.15, -0.1) is 0 Å². The number of pyridine rings is 1. The van der Waals surface area contributed by atoms with Crippen molar-refractivity contribution in [2.75, 3.05) is 0 Å². The molecule has 2 aromatic rings. The van der Waals surface area contributed by atoms with E-state index in [9.17, 15) is 4.79 Å². The van der Waals surface area contributed by atoms with E-state index in [2.05, 4.69) is 4.98 Å². The van der Waals surface area contributed by atoms with Crippen LogP contribution in [0.25, 0.3) is 0 Å². The third kappa shape index (κ3) is 3.68. The quantitative estimate of drug-likeness (QED) is 0.829. The van der Waals surface area contributed by atoms with E-state index in [1.807, 2.05) is 30.3 Å². The zero-order valence-corrected chi connectivity index (χ0v) is 10.0. The van der Waals surface area contributed by atoms with Gasteiger partial charge in [0, 0.05) is 30.3 Å². The molecule has 86 valence electrons. The fourth-order valence-corrected chi connectivity index (χ4v) is 1.88. The number of Topliss-reactive ketones (excluding diaryl/α,β-unsaturated/α-hetero) is 1. The Kier molecular flexibility index (Phi) is 3.89. The van der Waals surface area contributed by atoms with Crippen LogP contribution >= 0.6 is 11.6 Å². The van der Waals surface area contributed by atoms with Gasteiger partial charge in [0.1, 0.15) is 5.78 Å². The zero-order valence-electron chi connectivity index (χ0n) is 9.27. The van der Waals surface area contributed by atoms with Gasteiger partial charge in [0.25, 0.3) is 0 Å². The summed E-state index contributed by atoms with van der Waals surface area (Å²) < 4.78 is 0. The standard InChI is InChI=1S/C14H12ClNO/c15-13-3-1-2-12(8-13)10-14(17)9-11-4-6-16-7-5-11/h1-8H,9-10H2. The Morgan fingerprint density at radius 2 is 1.76 bits per heavy atom. The Labute approximate surface area is 105 Å².